The van der Waals surface area contributed by atoms with E-state index in [-0.39, 0.29) is 36.9 Å². The van der Waals surface area contributed by atoms with E-state index in [4.69, 9.17) is 0 Å². The molecule has 1 aliphatic heterocycles. The topological polar surface area (TPSA) is 69.7 Å². The summed E-state index contributed by atoms with van der Waals surface area (Å²) in [5, 5.41) is 4.71. The summed E-state index contributed by atoms with van der Waals surface area (Å²) < 4.78 is 14.9. The molecule has 0 saturated heterocycles. The molecule has 6 nitrogen and oxygen atoms in total. The van der Waals surface area contributed by atoms with Gasteiger partial charge in [-0.15, -0.1) is 0 Å². The number of carbonyl (C=O) groups excluding carboxylic acids is 3. The van der Waals surface area contributed by atoms with E-state index < -0.39 is 23.3 Å². The van der Waals surface area contributed by atoms with Crippen LogP contribution in [0.3, 0.4) is 0 Å². The minimum Gasteiger partial charge on any atom is -0.350 e. The van der Waals surface area contributed by atoms with Gasteiger partial charge < -0.3 is 10.2 Å². The molecule has 1 heterocycles. The zero-order valence-electron chi connectivity index (χ0n) is 22.9. The molecule has 0 spiro atoms. The average Bonchev–Trinajstić information content (AvgIpc) is 3.19. The molecule has 0 saturated carbocycles. The highest BCUT2D eigenvalue weighted by Gasteiger charge is 2.36. The molecule has 0 aromatic heterocycles. The number of anilines is 1. The van der Waals surface area contributed by atoms with Crippen molar-refractivity contribution in [2.24, 2.45) is 0 Å². The van der Waals surface area contributed by atoms with Gasteiger partial charge in [-0.05, 0) is 49.9 Å². The van der Waals surface area contributed by atoms with Gasteiger partial charge in [-0.1, -0.05) is 72.8 Å². The van der Waals surface area contributed by atoms with Crippen LogP contribution in [-0.4, -0.2) is 40.7 Å². The lowest BCUT2D eigenvalue weighted by molar-refractivity contribution is -0.140. The summed E-state index contributed by atoms with van der Waals surface area (Å²) in [6.45, 7) is 5.20. The van der Waals surface area contributed by atoms with Crippen LogP contribution in [0.4, 0.5) is 10.1 Å². The molecule has 4 aromatic rings. The summed E-state index contributed by atoms with van der Waals surface area (Å²) in [7, 11) is 0. The van der Waals surface area contributed by atoms with Gasteiger partial charge in [-0.3, -0.25) is 19.3 Å². The molecular formula is C33H32FN3O3. The van der Waals surface area contributed by atoms with E-state index in [2.05, 4.69) is 5.32 Å². The van der Waals surface area contributed by atoms with Gasteiger partial charge in [0.2, 0.25) is 11.8 Å². The number of nitrogens with zero attached hydrogens (tertiary/aromatic N) is 2. The predicted molar refractivity (Wildman–Crippen MR) is 154 cm³/mol. The van der Waals surface area contributed by atoms with Gasteiger partial charge in [0.15, 0.2) is 0 Å². The van der Waals surface area contributed by atoms with E-state index in [1.807, 2.05) is 81.4 Å². The number of hydrogen-bond acceptors (Lipinski definition) is 3. The number of carbonyl (C=O) groups is 3. The fourth-order valence-electron chi connectivity index (χ4n) is 5.18. The Hall–Kier alpha value is -4.52. The number of halogens is 1. The number of benzene rings is 4. The summed E-state index contributed by atoms with van der Waals surface area (Å²) in [5.41, 5.74) is 1.78. The van der Waals surface area contributed by atoms with Gasteiger partial charge in [0.1, 0.15) is 18.4 Å². The standard InChI is InChI=1S/C33H32FN3O3/c1-33(2,3)35-31(39)28(19-22-11-5-4-6-12-22)36(20-24-13-7-8-17-26(24)34)29(38)21-37-27-18-10-15-23-14-9-16-25(30(23)27)32(37)40/h4-18,28H,19-21H2,1-3H3,(H,35,39)/t28-/m1/s1. The quantitative estimate of drug-likeness (QED) is 0.323. The number of nitrogens with one attached hydrogen (secondary N) is 1. The first-order valence-corrected chi connectivity index (χ1v) is 13.3. The molecule has 5 rings (SSSR count). The average molecular weight is 538 g/mol. The van der Waals surface area contributed by atoms with Gasteiger partial charge >= 0.3 is 0 Å². The van der Waals surface area contributed by atoms with E-state index in [9.17, 15) is 18.8 Å². The van der Waals surface area contributed by atoms with Gasteiger partial charge in [-0.2, -0.15) is 0 Å². The maximum Gasteiger partial charge on any atom is 0.259 e. The highest BCUT2D eigenvalue weighted by molar-refractivity contribution is 6.26. The van der Waals surface area contributed by atoms with E-state index in [1.54, 1.807) is 24.3 Å². The van der Waals surface area contributed by atoms with Crippen LogP contribution in [0.5, 0.6) is 0 Å². The first-order valence-electron chi connectivity index (χ1n) is 13.3. The maximum atomic E-state index is 14.9. The van der Waals surface area contributed by atoms with Crippen LogP contribution in [0.15, 0.2) is 91.0 Å². The molecule has 4 aromatic carbocycles. The van der Waals surface area contributed by atoms with E-state index in [0.717, 1.165) is 16.3 Å². The van der Waals surface area contributed by atoms with E-state index >= 15 is 0 Å². The molecule has 0 fully saturated rings. The molecule has 0 unspecified atom stereocenters. The maximum absolute atomic E-state index is 14.9. The van der Waals surface area contributed by atoms with Crippen molar-refractivity contribution < 1.29 is 18.8 Å². The van der Waals surface area contributed by atoms with Crippen LogP contribution in [0.2, 0.25) is 0 Å². The van der Waals surface area contributed by atoms with Gasteiger partial charge in [-0.25, -0.2) is 4.39 Å². The van der Waals surface area contributed by atoms with Crippen LogP contribution in [0.25, 0.3) is 10.8 Å². The molecule has 0 radical (unpaired) electrons. The normalized spacial score (nSPS) is 13.4. The molecule has 1 N–H and O–H groups in total. The lowest BCUT2D eigenvalue weighted by atomic mass is 10.0. The Kier molecular flexibility index (Phi) is 7.39. The van der Waals surface area contributed by atoms with Crippen LogP contribution < -0.4 is 10.2 Å². The summed E-state index contributed by atoms with van der Waals surface area (Å²) in [5.74, 6) is -1.54. The van der Waals surface area contributed by atoms with Crippen molar-refractivity contribution in [3.05, 3.63) is 114 Å². The Morgan fingerprint density at radius 3 is 2.27 bits per heavy atom. The van der Waals surface area contributed by atoms with Crippen molar-refractivity contribution in [1.82, 2.24) is 10.2 Å². The van der Waals surface area contributed by atoms with Crippen molar-refractivity contribution in [3.63, 3.8) is 0 Å². The SMILES string of the molecule is CC(C)(C)NC(=O)[C@@H](Cc1ccccc1)N(Cc1ccccc1F)C(=O)CN1C(=O)c2cccc3cccc1c23. The number of amides is 3. The van der Waals surface area contributed by atoms with Gasteiger partial charge in [0.05, 0.1) is 5.69 Å². The molecule has 40 heavy (non-hydrogen) atoms. The van der Waals surface area contributed by atoms with Crippen molar-refractivity contribution in [3.8, 4) is 0 Å². The third-order valence-electron chi connectivity index (χ3n) is 7.01. The van der Waals surface area contributed by atoms with Crippen molar-refractivity contribution in [2.45, 2.75) is 45.3 Å². The summed E-state index contributed by atoms with van der Waals surface area (Å²) in [6, 6.07) is 25.8. The summed E-state index contributed by atoms with van der Waals surface area (Å²) in [4.78, 5) is 44.2. The Bertz CT molecular complexity index is 1570. The zero-order chi connectivity index (χ0) is 28.4. The molecule has 1 aliphatic rings. The summed E-state index contributed by atoms with van der Waals surface area (Å²) in [6.07, 6.45) is 0.229. The molecule has 7 heteroatoms. The predicted octanol–water partition coefficient (Wildman–Crippen LogP) is 5.49. The van der Waals surface area contributed by atoms with Gasteiger partial charge in [0.25, 0.3) is 5.91 Å². The summed E-state index contributed by atoms with van der Waals surface area (Å²) >= 11 is 0. The minimum absolute atomic E-state index is 0.125. The smallest absolute Gasteiger partial charge is 0.259 e. The van der Waals surface area contributed by atoms with Crippen molar-refractivity contribution in [1.29, 1.82) is 0 Å². The largest absolute Gasteiger partial charge is 0.350 e. The number of rotatable bonds is 8. The lowest BCUT2D eigenvalue weighted by Gasteiger charge is -2.34. The highest BCUT2D eigenvalue weighted by atomic mass is 19.1. The second-order valence-electron chi connectivity index (χ2n) is 11.1. The molecule has 0 bridgehead atoms. The second-order valence-corrected chi connectivity index (χ2v) is 11.1. The lowest BCUT2D eigenvalue weighted by Crippen LogP contribution is -2.56. The Morgan fingerprint density at radius 1 is 0.900 bits per heavy atom. The molecule has 204 valence electrons. The first kappa shape index (κ1) is 27.1. The Balaban J connectivity index is 1.53. The molecule has 3 amide bonds. The highest BCUT2D eigenvalue weighted by Crippen LogP contribution is 2.37. The monoisotopic (exact) mass is 537 g/mol. The third kappa shape index (κ3) is 5.59. The minimum atomic E-state index is -0.940. The van der Waals surface area contributed by atoms with Gasteiger partial charge in [0, 0.05) is 35.0 Å². The van der Waals surface area contributed by atoms with Crippen LogP contribution in [0.1, 0.15) is 42.3 Å². The molecular weight excluding hydrogens is 505 g/mol. The van der Waals surface area contributed by atoms with Crippen LogP contribution in [-0.2, 0) is 22.6 Å². The zero-order valence-corrected chi connectivity index (χ0v) is 22.9. The fraction of sp³-hybridized carbons (Fsp3) is 0.242. The third-order valence-corrected chi connectivity index (χ3v) is 7.01. The fourth-order valence-corrected chi connectivity index (χ4v) is 5.18. The molecule has 0 aliphatic carbocycles. The van der Waals surface area contributed by atoms with Crippen molar-refractivity contribution in [2.75, 3.05) is 11.4 Å². The van der Waals surface area contributed by atoms with Crippen LogP contribution in [0, 0.1) is 5.82 Å². The van der Waals surface area contributed by atoms with Crippen molar-refractivity contribution >= 4 is 34.2 Å². The van der Waals surface area contributed by atoms with E-state index in [0.29, 0.717) is 11.3 Å². The Labute approximate surface area is 233 Å². The first-order chi connectivity index (χ1) is 19.1. The molecule has 1 atom stereocenters. The Morgan fingerprint density at radius 2 is 1.57 bits per heavy atom. The number of hydrogen-bond donors (Lipinski definition) is 1. The van der Waals surface area contributed by atoms with Crippen LogP contribution >= 0.6 is 0 Å². The second kappa shape index (κ2) is 10.9. The van der Waals surface area contributed by atoms with E-state index in [1.165, 1.54) is 15.9 Å².